The van der Waals surface area contributed by atoms with E-state index in [0.29, 0.717) is 10.7 Å². The van der Waals surface area contributed by atoms with Gasteiger partial charge in [0.2, 0.25) is 0 Å². The van der Waals surface area contributed by atoms with E-state index in [1.807, 2.05) is 12.1 Å². The Kier molecular flexibility index (Phi) is 7.25. The van der Waals surface area contributed by atoms with Crippen LogP contribution >= 0.6 is 12.2 Å². The van der Waals surface area contributed by atoms with Gasteiger partial charge in [-0.1, -0.05) is 0 Å². The number of carbonyl (C=O) groups excluding carboxylic acids is 1. The molecule has 4 N–H and O–H groups in total. The van der Waals surface area contributed by atoms with E-state index in [2.05, 4.69) is 16.0 Å². The van der Waals surface area contributed by atoms with E-state index in [9.17, 15) is 4.79 Å². The van der Waals surface area contributed by atoms with Crippen molar-refractivity contribution in [2.45, 2.75) is 6.42 Å². The molecule has 1 heterocycles. The number of nitrogens with one attached hydrogen (secondary N) is 4. The van der Waals surface area contributed by atoms with E-state index >= 15 is 0 Å². The highest BCUT2D eigenvalue weighted by molar-refractivity contribution is 7.80. The minimum Gasteiger partial charge on any atom is -0.370 e. The highest BCUT2D eigenvalue weighted by atomic mass is 32.1. The zero-order valence-corrected chi connectivity index (χ0v) is 14.3. The van der Waals surface area contributed by atoms with Crippen LogP contribution in [-0.2, 0) is 4.74 Å². The zero-order valence-electron chi connectivity index (χ0n) is 13.5. The predicted octanol–water partition coefficient (Wildman–Crippen LogP) is -0.362. The number of thiocarbonyl (C=S) groups is 1. The molecule has 1 aromatic carbocycles. The lowest BCUT2D eigenvalue weighted by molar-refractivity contribution is -0.908. The SMILES string of the molecule is CNC(=O)c1ccc(NC(=S)NCCC[NH+]2CCOCC2)cc1. The van der Waals surface area contributed by atoms with Crippen LogP contribution in [0.4, 0.5) is 5.69 Å². The molecule has 7 heteroatoms. The summed E-state index contributed by atoms with van der Waals surface area (Å²) < 4.78 is 5.35. The first-order chi connectivity index (χ1) is 11.2. The van der Waals surface area contributed by atoms with Crippen LogP contribution < -0.4 is 20.9 Å². The molecule has 1 aliphatic rings. The molecule has 126 valence electrons. The molecule has 6 nitrogen and oxygen atoms in total. The molecule has 23 heavy (non-hydrogen) atoms. The molecule has 0 unspecified atom stereocenters. The van der Waals surface area contributed by atoms with Gasteiger partial charge in [-0.2, -0.15) is 0 Å². The highest BCUT2D eigenvalue weighted by Gasteiger charge is 2.12. The summed E-state index contributed by atoms with van der Waals surface area (Å²) in [4.78, 5) is 13.1. The minimum atomic E-state index is -0.0946. The van der Waals surface area contributed by atoms with Gasteiger partial charge in [-0.15, -0.1) is 0 Å². The van der Waals surface area contributed by atoms with Crippen LogP contribution in [0.3, 0.4) is 0 Å². The first kappa shape index (κ1) is 17.7. The molecular weight excluding hydrogens is 312 g/mol. The fraction of sp³-hybridized carbons (Fsp3) is 0.500. The van der Waals surface area contributed by atoms with Crippen molar-refractivity contribution in [1.82, 2.24) is 10.6 Å². The third-order valence-corrected chi connectivity index (χ3v) is 4.07. The van der Waals surface area contributed by atoms with Gasteiger partial charge in [0.25, 0.3) is 5.91 Å². The Bertz CT molecular complexity index is 515. The summed E-state index contributed by atoms with van der Waals surface area (Å²) in [5.74, 6) is -0.0946. The molecule has 1 saturated heterocycles. The fourth-order valence-electron chi connectivity index (χ4n) is 2.47. The van der Waals surface area contributed by atoms with Crippen molar-refractivity contribution in [3.05, 3.63) is 29.8 Å². The number of hydrogen-bond donors (Lipinski definition) is 4. The summed E-state index contributed by atoms with van der Waals surface area (Å²) in [6.07, 6.45) is 1.08. The van der Waals surface area contributed by atoms with Crippen LogP contribution in [0, 0.1) is 0 Å². The third-order valence-electron chi connectivity index (χ3n) is 3.82. The number of carbonyl (C=O) groups is 1. The number of rotatable bonds is 6. The van der Waals surface area contributed by atoms with Gasteiger partial charge in [-0.3, -0.25) is 4.79 Å². The van der Waals surface area contributed by atoms with Gasteiger partial charge in [0.1, 0.15) is 13.1 Å². The molecule has 0 saturated carbocycles. The average molecular weight is 337 g/mol. The molecule has 0 spiro atoms. The Morgan fingerprint density at radius 2 is 1.96 bits per heavy atom. The highest BCUT2D eigenvalue weighted by Crippen LogP contribution is 2.09. The molecular formula is C16H25N4O2S+. The average Bonchev–Trinajstić information content (AvgIpc) is 2.59. The lowest BCUT2D eigenvalue weighted by atomic mass is 10.2. The molecule has 1 amide bonds. The van der Waals surface area contributed by atoms with Crippen molar-refractivity contribution < 1.29 is 14.4 Å². The molecule has 2 rings (SSSR count). The summed E-state index contributed by atoms with van der Waals surface area (Å²) >= 11 is 5.28. The second-order valence-electron chi connectivity index (χ2n) is 5.50. The van der Waals surface area contributed by atoms with Crippen molar-refractivity contribution in [2.24, 2.45) is 0 Å². The maximum atomic E-state index is 11.5. The quantitative estimate of drug-likeness (QED) is 0.422. The van der Waals surface area contributed by atoms with E-state index in [4.69, 9.17) is 17.0 Å². The standard InChI is InChI=1S/C16H24N4O2S/c1-17-15(21)13-3-5-14(6-4-13)19-16(23)18-7-2-8-20-9-11-22-12-10-20/h3-6H,2,7-12H2,1H3,(H,17,21)(H2,18,19,23)/p+1. The van der Waals surface area contributed by atoms with Gasteiger partial charge in [0.05, 0.1) is 19.8 Å². The monoisotopic (exact) mass is 337 g/mol. The molecule has 0 atom stereocenters. The van der Waals surface area contributed by atoms with E-state index in [1.54, 1.807) is 24.1 Å². The minimum absolute atomic E-state index is 0.0946. The predicted molar refractivity (Wildman–Crippen MR) is 95.1 cm³/mol. The number of benzene rings is 1. The zero-order chi connectivity index (χ0) is 16.5. The van der Waals surface area contributed by atoms with Crippen molar-refractivity contribution in [1.29, 1.82) is 0 Å². The maximum absolute atomic E-state index is 11.5. The van der Waals surface area contributed by atoms with Crippen LogP contribution in [0.1, 0.15) is 16.8 Å². The lowest BCUT2D eigenvalue weighted by Crippen LogP contribution is -3.14. The molecule has 0 aliphatic carbocycles. The van der Waals surface area contributed by atoms with Crippen LogP contribution in [0.25, 0.3) is 0 Å². The summed E-state index contributed by atoms with van der Waals surface area (Å²) in [6, 6.07) is 7.23. The summed E-state index contributed by atoms with van der Waals surface area (Å²) in [6.45, 7) is 5.93. The number of ether oxygens (including phenoxy) is 1. The Morgan fingerprint density at radius 1 is 1.26 bits per heavy atom. The normalized spacial score (nSPS) is 15.0. The molecule has 1 aromatic rings. The summed E-state index contributed by atoms with van der Waals surface area (Å²) in [5.41, 5.74) is 1.50. The largest absolute Gasteiger partial charge is 0.370 e. The van der Waals surface area contributed by atoms with Gasteiger partial charge < -0.3 is 25.6 Å². The molecule has 0 bridgehead atoms. The van der Waals surface area contributed by atoms with Crippen molar-refractivity contribution >= 4 is 28.9 Å². The first-order valence-corrected chi connectivity index (χ1v) is 8.38. The number of amides is 1. The third kappa shape index (κ3) is 6.13. The van der Waals surface area contributed by atoms with Gasteiger partial charge in [0, 0.05) is 31.3 Å². The van der Waals surface area contributed by atoms with E-state index < -0.39 is 0 Å². The fourth-order valence-corrected chi connectivity index (χ4v) is 2.69. The van der Waals surface area contributed by atoms with Gasteiger partial charge in [0.15, 0.2) is 5.11 Å². The molecule has 0 aromatic heterocycles. The van der Waals surface area contributed by atoms with Crippen molar-refractivity contribution in [2.75, 3.05) is 51.8 Å². The van der Waals surface area contributed by atoms with E-state index in [1.165, 1.54) is 0 Å². The van der Waals surface area contributed by atoms with Crippen LogP contribution in [0.5, 0.6) is 0 Å². The Hall–Kier alpha value is -1.70. The smallest absolute Gasteiger partial charge is 0.251 e. The van der Waals surface area contributed by atoms with Gasteiger partial charge in [-0.05, 0) is 36.5 Å². The van der Waals surface area contributed by atoms with E-state index in [-0.39, 0.29) is 5.91 Å². The first-order valence-electron chi connectivity index (χ1n) is 7.97. The number of anilines is 1. The van der Waals surface area contributed by atoms with Crippen LogP contribution in [-0.4, -0.2) is 57.5 Å². The molecule has 0 radical (unpaired) electrons. The number of morpholine rings is 1. The van der Waals surface area contributed by atoms with Crippen LogP contribution in [0.15, 0.2) is 24.3 Å². The van der Waals surface area contributed by atoms with Gasteiger partial charge in [-0.25, -0.2) is 0 Å². The topological polar surface area (TPSA) is 66.8 Å². The Labute approximate surface area is 142 Å². The van der Waals surface area contributed by atoms with Crippen molar-refractivity contribution in [3.8, 4) is 0 Å². The Balaban J connectivity index is 1.65. The number of hydrogen-bond acceptors (Lipinski definition) is 3. The lowest BCUT2D eigenvalue weighted by Gasteiger charge is -2.23. The van der Waals surface area contributed by atoms with Gasteiger partial charge >= 0.3 is 0 Å². The summed E-state index contributed by atoms with van der Waals surface area (Å²) in [5, 5.41) is 9.54. The Morgan fingerprint density at radius 3 is 2.61 bits per heavy atom. The summed E-state index contributed by atoms with van der Waals surface area (Å²) in [7, 11) is 1.62. The van der Waals surface area contributed by atoms with Crippen molar-refractivity contribution in [3.63, 3.8) is 0 Å². The maximum Gasteiger partial charge on any atom is 0.251 e. The van der Waals surface area contributed by atoms with Crippen LogP contribution in [0.2, 0.25) is 0 Å². The molecule has 1 aliphatic heterocycles. The molecule has 1 fully saturated rings. The van der Waals surface area contributed by atoms with E-state index in [0.717, 1.165) is 51.5 Å². The second-order valence-corrected chi connectivity index (χ2v) is 5.91. The second kappa shape index (κ2) is 9.44. The number of quaternary nitrogens is 1.